The third-order valence-corrected chi connectivity index (χ3v) is 4.67. The highest BCUT2D eigenvalue weighted by atomic mass is 16.2. The first kappa shape index (κ1) is 15.0. The molecule has 1 fully saturated rings. The van der Waals surface area contributed by atoms with E-state index < -0.39 is 0 Å². The zero-order valence-corrected chi connectivity index (χ0v) is 12.9. The van der Waals surface area contributed by atoms with E-state index in [1.165, 1.54) is 0 Å². The van der Waals surface area contributed by atoms with Crippen molar-refractivity contribution in [3.05, 3.63) is 17.5 Å². The van der Waals surface area contributed by atoms with Crippen molar-refractivity contribution in [2.75, 3.05) is 0 Å². The summed E-state index contributed by atoms with van der Waals surface area (Å²) >= 11 is 0. The van der Waals surface area contributed by atoms with Crippen LogP contribution in [0.4, 0.5) is 0 Å². The Labute approximate surface area is 120 Å². The quantitative estimate of drug-likeness (QED) is 0.885. The van der Waals surface area contributed by atoms with Gasteiger partial charge in [-0.05, 0) is 33.6 Å². The summed E-state index contributed by atoms with van der Waals surface area (Å²) in [7, 11) is 1.91. The highest BCUT2D eigenvalue weighted by Gasteiger charge is 2.38. The second kappa shape index (κ2) is 5.56. The number of rotatable bonds is 3. The van der Waals surface area contributed by atoms with E-state index in [1.54, 1.807) is 0 Å². The molecule has 3 atom stereocenters. The number of hydrogen-bond donors (Lipinski definition) is 2. The van der Waals surface area contributed by atoms with E-state index in [0.717, 1.165) is 36.9 Å². The molecule has 1 aromatic heterocycles. The van der Waals surface area contributed by atoms with E-state index >= 15 is 0 Å². The fourth-order valence-corrected chi connectivity index (χ4v) is 3.12. The summed E-state index contributed by atoms with van der Waals surface area (Å²) in [6, 6.07) is -0.0334. The summed E-state index contributed by atoms with van der Waals surface area (Å²) in [4.78, 5) is 12.5. The molecule has 0 radical (unpaired) electrons. The van der Waals surface area contributed by atoms with Gasteiger partial charge >= 0.3 is 0 Å². The number of aryl methyl sites for hydroxylation is 1. The zero-order chi connectivity index (χ0) is 14.9. The topological polar surface area (TPSA) is 72.9 Å². The number of amides is 1. The largest absolute Gasteiger partial charge is 0.349 e. The molecule has 1 aromatic rings. The molecule has 1 amide bonds. The van der Waals surface area contributed by atoms with E-state index in [1.807, 2.05) is 38.7 Å². The van der Waals surface area contributed by atoms with Crippen molar-refractivity contribution in [2.45, 2.75) is 58.0 Å². The van der Waals surface area contributed by atoms with Crippen molar-refractivity contribution in [3.63, 3.8) is 0 Å². The predicted octanol–water partition coefficient (Wildman–Crippen LogP) is 1.81. The zero-order valence-electron chi connectivity index (χ0n) is 12.9. The molecule has 0 aliphatic heterocycles. The average molecular weight is 278 g/mol. The Morgan fingerprint density at radius 2 is 2.30 bits per heavy atom. The normalized spacial score (nSPS) is 28.1. The van der Waals surface area contributed by atoms with Crippen molar-refractivity contribution >= 4 is 5.91 Å². The first-order chi connectivity index (χ1) is 9.33. The second-order valence-corrected chi connectivity index (χ2v) is 6.34. The molecule has 5 nitrogen and oxygen atoms in total. The molecule has 1 aliphatic rings. The first-order valence-electron chi connectivity index (χ1n) is 7.40. The van der Waals surface area contributed by atoms with Crippen LogP contribution in [0.25, 0.3) is 0 Å². The Kier molecular flexibility index (Phi) is 4.18. The second-order valence-electron chi connectivity index (χ2n) is 6.34. The Morgan fingerprint density at radius 1 is 1.60 bits per heavy atom. The number of nitrogens with one attached hydrogen (secondary N) is 1. The molecule has 0 spiro atoms. The summed E-state index contributed by atoms with van der Waals surface area (Å²) in [6.07, 6.45) is 5.84. The van der Waals surface area contributed by atoms with E-state index in [4.69, 9.17) is 5.73 Å². The number of hydrogen-bond acceptors (Lipinski definition) is 3. The van der Waals surface area contributed by atoms with Crippen LogP contribution in [0.15, 0.2) is 6.20 Å². The van der Waals surface area contributed by atoms with Crippen LogP contribution in [-0.4, -0.2) is 21.2 Å². The summed E-state index contributed by atoms with van der Waals surface area (Å²) < 4.78 is 1.83. The molecule has 1 saturated carbocycles. The summed E-state index contributed by atoms with van der Waals surface area (Å²) in [5.41, 5.74) is 8.06. The van der Waals surface area contributed by atoms with E-state index in [2.05, 4.69) is 10.4 Å². The Hall–Kier alpha value is -1.36. The number of nitrogens with zero attached hydrogens (tertiary/aromatic N) is 2. The molecule has 3 unspecified atom stereocenters. The van der Waals surface area contributed by atoms with Gasteiger partial charge in [-0.2, -0.15) is 5.10 Å². The van der Waals surface area contributed by atoms with Gasteiger partial charge in [0.05, 0.1) is 18.2 Å². The molecule has 0 saturated heterocycles. The van der Waals surface area contributed by atoms with Gasteiger partial charge in [-0.3, -0.25) is 9.48 Å². The van der Waals surface area contributed by atoms with Crippen molar-refractivity contribution < 1.29 is 4.79 Å². The molecule has 2 rings (SSSR count). The number of nitrogens with two attached hydrogens (primary N) is 1. The molecule has 1 aliphatic carbocycles. The van der Waals surface area contributed by atoms with E-state index in [-0.39, 0.29) is 23.4 Å². The van der Waals surface area contributed by atoms with Crippen LogP contribution < -0.4 is 11.1 Å². The van der Waals surface area contributed by atoms with Gasteiger partial charge in [0, 0.05) is 23.8 Å². The minimum absolute atomic E-state index is 0.0334. The number of aromatic nitrogens is 2. The molecular weight excluding hydrogens is 252 g/mol. The van der Waals surface area contributed by atoms with Crippen molar-refractivity contribution in [1.29, 1.82) is 0 Å². The highest BCUT2D eigenvalue weighted by Crippen LogP contribution is 2.32. The molecule has 5 heteroatoms. The van der Waals surface area contributed by atoms with Gasteiger partial charge in [0.15, 0.2) is 0 Å². The number of carbonyl (C=O) groups excluding carboxylic acids is 1. The molecule has 20 heavy (non-hydrogen) atoms. The molecule has 112 valence electrons. The molecule has 0 bridgehead atoms. The lowest BCUT2D eigenvalue weighted by Gasteiger charge is -2.37. The maximum Gasteiger partial charge on any atom is 0.225 e. The third kappa shape index (κ3) is 2.87. The van der Waals surface area contributed by atoms with E-state index in [9.17, 15) is 4.79 Å². The standard InChI is InChI=1S/C15H26N4O/c1-10(12-9-17-19(4)11(12)2)18-14(20)13-7-5-6-8-15(13,3)16/h9-10,13H,5-8,16H2,1-4H3,(H,18,20). The van der Waals surface area contributed by atoms with Gasteiger partial charge in [-0.25, -0.2) is 0 Å². The summed E-state index contributed by atoms with van der Waals surface area (Å²) in [5.74, 6) is -0.0128. The van der Waals surface area contributed by atoms with Crippen molar-refractivity contribution in [2.24, 2.45) is 18.7 Å². The molecular formula is C15H26N4O. The lowest BCUT2D eigenvalue weighted by Crippen LogP contribution is -2.53. The maximum absolute atomic E-state index is 12.5. The first-order valence-corrected chi connectivity index (χ1v) is 7.40. The predicted molar refractivity (Wildman–Crippen MR) is 79.1 cm³/mol. The fraction of sp³-hybridized carbons (Fsp3) is 0.733. The van der Waals surface area contributed by atoms with Crippen LogP contribution in [0.1, 0.15) is 56.8 Å². The Bertz CT molecular complexity index is 492. The molecule has 3 N–H and O–H groups in total. The van der Waals surface area contributed by atoms with Gasteiger partial charge in [-0.1, -0.05) is 12.8 Å². The minimum atomic E-state index is -0.383. The average Bonchev–Trinajstić information content (AvgIpc) is 2.69. The van der Waals surface area contributed by atoms with Crippen LogP contribution in [0.5, 0.6) is 0 Å². The lowest BCUT2D eigenvalue weighted by atomic mass is 9.74. The monoisotopic (exact) mass is 278 g/mol. The summed E-state index contributed by atoms with van der Waals surface area (Å²) in [6.45, 7) is 6.01. The smallest absolute Gasteiger partial charge is 0.225 e. The van der Waals surface area contributed by atoms with Crippen LogP contribution in [0.3, 0.4) is 0 Å². The fourth-order valence-electron chi connectivity index (χ4n) is 3.12. The van der Waals surface area contributed by atoms with Gasteiger partial charge in [0.25, 0.3) is 0 Å². The van der Waals surface area contributed by atoms with Crippen LogP contribution in [0.2, 0.25) is 0 Å². The lowest BCUT2D eigenvalue weighted by molar-refractivity contribution is -0.128. The van der Waals surface area contributed by atoms with Gasteiger partial charge in [0.2, 0.25) is 5.91 Å². The third-order valence-electron chi connectivity index (χ3n) is 4.67. The van der Waals surface area contributed by atoms with Gasteiger partial charge in [0.1, 0.15) is 0 Å². The Balaban J connectivity index is 2.05. The van der Waals surface area contributed by atoms with Crippen LogP contribution in [0, 0.1) is 12.8 Å². The summed E-state index contributed by atoms with van der Waals surface area (Å²) in [5, 5.41) is 7.33. The van der Waals surface area contributed by atoms with E-state index in [0.29, 0.717) is 0 Å². The molecule has 1 heterocycles. The van der Waals surface area contributed by atoms with Crippen LogP contribution in [-0.2, 0) is 11.8 Å². The molecule has 0 aromatic carbocycles. The SMILES string of the molecule is Cc1c(C(C)NC(=O)C2CCCCC2(C)N)cnn1C. The number of carbonyl (C=O) groups is 1. The van der Waals surface area contributed by atoms with Crippen molar-refractivity contribution in [1.82, 2.24) is 15.1 Å². The van der Waals surface area contributed by atoms with Gasteiger partial charge < -0.3 is 11.1 Å². The maximum atomic E-state index is 12.5. The van der Waals surface area contributed by atoms with Gasteiger partial charge in [-0.15, -0.1) is 0 Å². The Morgan fingerprint density at radius 3 is 2.85 bits per heavy atom. The highest BCUT2D eigenvalue weighted by molar-refractivity contribution is 5.80. The minimum Gasteiger partial charge on any atom is -0.349 e. The van der Waals surface area contributed by atoms with Crippen molar-refractivity contribution in [3.8, 4) is 0 Å². The van der Waals surface area contributed by atoms with Crippen LogP contribution >= 0.6 is 0 Å².